The lowest BCUT2D eigenvalue weighted by Crippen LogP contribution is -1.78. The molecule has 0 spiro atoms. The highest BCUT2D eigenvalue weighted by Crippen LogP contribution is 2.38. The lowest BCUT2D eigenvalue weighted by molar-refractivity contribution is 0.498. The Morgan fingerprint density at radius 3 is 1.64 bits per heavy atom. The van der Waals surface area contributed by atoms with E-state index >= 15 is 0 Å². The van der Waals surface area contributed by atoms with Crippen LogP contribution >= 0.6 is 46.1 Å². The highest BCUT2D eigenvalue weighted by atomic mass is 32.1. The van der Waals surface area contributed by atoms with E-state index in [9.17, 15) is 0 Å². The maximum atomic E-state index is 6.01. The van der Waals surface area contributed by atoms with Gasteiger partial charge >= 0.3 is 8.24 Å². The Labute approximate surface area is 161 Å². The molecule has 0 aliphatic heterocycles. The Bertz CT molecular complexity index is 1040. The Hall–Kier alpha value is -1.59. The van der Waals surface area contributed by atoms with E-state index in [1.54, 1.807) is 0 Å². The number of hydrogen-bond acceptors (Lipinski definition) is 6. The smallest absolute Gasteiger partial charge is 0.391 e. The first-order valence-corrected chi connectivity index (χ1v) is 9.82. The molecule has 0 fully saturated rings. The third-order valence-corrected chi connectivity index (χ3v) is 5.48. The van der Waals surface area contributed by atoms with E-state index in [2.05, 4.69) is 37.9 Å². The van der Waals surface area contributed by atoms with E-state index in [0.29, 0.717) is 16.9 Å². The Kier molecular flexibility index (Phi) is 4.69. The third-order valence-electron chi connectivity index (χ3n) is 3.58. The molecule has 3 aromatic carbocycles. The van der Waals surface area contributed by atoms with Crippen LogP contribution < -0.4 is 4.52 Å². The molecule has 0 unspecified atom stereocenters. The van der Waals surface area contributed by atoms with Crippen LogP contribution in [0.5, 0.6) is 5.75 Å². The van der Waals surface area contributed by atoms with Crippen molar-refractivity contribution in [1.82, 2.24) is 0 Å². The number of benzene rings is 3. The average molecular weight is 404 g/mol. The van der Waals surface area contributed by atoms with Gasteiger partial charge in [-0.2, -0.15) is 0 Å². The maximum Gasteiger partial charge on any atom is 0.453 e. The van der Waals surface area contributed by atoms with Crippen molar-refractivity contribution in [1.29, 1.82) is 0 Å². The van der Waals surface area contributed by atoms with Crippen molar-refractivity contribution in [2.45, 2.75) is 14.7 Å². The summed E-state index contributed by atoms with van der Waals surface area (Å²) in [6.07, 6.45) is 0. The second kappa shape index (κ2) is 6.96. The first kappa shape index (κ1) is 16.9. The average Bonchev–Trinajstić information content (AvgIpc) is 2.73. The van der Waals surface area contributed by atoms with Crippen molar-refractivity contribution < 1.29 is 12.9 Å². The van der Waals surface area contributed by atoms with Crippen LogP contribution in [-0.4, -0.2) is 0 Å². The predicted molar refractivity (Wildman–Crippen MR) is 111 cm³/mol. The van der Waals surface area contributed by atoms with Gasteiger partial charge in [0.05, 0.1) is 0 Å². The molecule has 1 aromatic heterocycles. The van der Waals surface area contributed by atoms with Gasteiger partial charge in [-0.25, -0.2) is 0 Å². The highest BCUT2D eigenvalue weighted by molar-refractivity contribution is 7.80. The van der Waals surface area contributed by atoms with Gasteiger partial charge in [0.15, 0.2) is 0 Å². The van der Waals surface area contributed by atoms with Gasteiger partial charge in [0.25, 0.3) is 0 Å². The number of hydrogen-bond donors (Lipinski definition) is 3. The summed E-state index contributed by atoms with van der Waals surface area (Å²) in [5.41, 5.74) is 1.37. The molecule has 0 saturated carbocycles. The molecular weight excluding hydrogens is 391 g/mol. The molecule has 0 atom stereocenters. The van der Waals surface area contributed by atoms with Gasteiger partial charge < -0.3 is 12.9 Å². The highest BCUT2D eigenvalue weighted by Gasteiger charge is 2.09. The van der Waals surface area contributed by atoms with Gasteiger partial charge in [-0.05, 0) is 60.7 Å². The minimum atomic E-state index is -1.65. The van der Waals surface area contributed by atoms with Crippen LogP contribution in [0.4, 0.5) is 0 Å². The summed E-state index contributed by atoms with van der Waals surface area (Å²) in [6.45, 7) is 0. The fourth-order valence-electron chi connectivity index (χ4n) is 2.43. The van der Waals surface area contributed by atoms with Crippen LogP contribution in [0.1, 0.15) is 0 Å². The first-order chi connectivity index (χ1) is 12.1. The molecular formula is C18H13O3PS3. The topological polar surface area (TPSA) is 35.5 Å². The molecule has 7 heteroatoms. The third kappa shape index (κ3) is 3.67. The molecule has 25 heavy (non-hydrogen) atoms. The molecule has 4 aromatic rings. The normalized spacial score (nSPS) is 11.0. The van der Waals surface area contributed by atoms with E-state index in [0.717, 1.165) is 25.5 Å². The van der Waals surface area contributed by atoms with Gasteiger partial charge in [-0.3, -0.25) is 0 Å². The Balaban J connectivity index is 1.97. The molecule has 0 aliphatic rings. The molecule has 0 amide bonds. The summed E-state index contributed by atoms with van der Waals surface area (Å²) in [4.78, 5) is 2.55. The van der Waals surface area contributed by atoms with E-state index in [-0.39, 0.29) is 0 Å². The standard InChI is InChI=1S/C18H13O3PS3/c23-12-3-1-11(2-4-12)19-22-20-17-7-5-13(24)9-15(17)16-10-14(25)6-8-18(16)21-22/h1-10,23-25H. The monoisotopic (exact) mass is 404 g/mol. The van der Waals surface area contributed by atoms with Crippen LogP contribution in [0.3, 0.4) is 0 Å². The molecule has 0 bridgehead atoms. The van der Waals surface area contributed by atoms with Gasteiger partial charge in [-0.15, -0.1) is 37.9 Å². The predicted octanol–water partition coefficient (Wildman–Crippen LogP) is 7.00. The first-order valence-electron chi connectivity index (χ1n) is 7.38. The second-order valence-corrected chi connectivity index (χ2v) is 7.90. The van der Waals surface area contributed by atoms with Crippen LogP contribution in [-0.2, 0) is 0 Å². The maximum absolute atomic E-state index is 6.01. The summed E-state index contributed by atoms with van der Waals surface area (Å²) >= 11 is 13.2. The quantitative estimate of drug-likeness (QED) is 0.315. The zero-order valence-electron chi connectivity index (χ0n) is 12.8. The van der Waals surface area contributed by atoms with Gasteiger partial charge in [-0.1, -0.05) is 0 Å². The van der Waals surface area contributed by atoms with E-state index < -0.39 is 8.24 Å². The number of rotatable bonds is 2. The lowest BCUT2D eigenvalue weighted by Gasteiger charge is -2.01. The van der Waals surface area contributed by atoms with Crippen molar-refractivity contribution in [3.63, 3.8) is 0 Å². The van der Waals surface area contributed by atoms with E-state index in [1.807, 2.05) is 60.7 Å². The van der Waals surface area contributed by atoms with Crippen molar-refractivity contribution >= 4 is 68.1 Å². The molecule has 0 saturated heterocycles. The molecule has 0 N–H and O–H groups in total. The molecule has 0 radical (unpaired) electrons. The molecule has 126 valence electrons. The molecule has 0 aliphatic carbocycles. The van der Waals surface area contributed by atoms with Crippen molar-refractivity contribution in [3.05, 3.63) is 60.7 Å². The fourth-order valence-corrected chi connectivity index (χ4v) is 4.03. The van der Waals surface area contributed by atoms with Crippen molar-refractivity contribution in [3.8, 4) is 5.75 Å². The minimum absolute atomic E-state index is 0.658. The largest absolute Gasteiger partial charge is 0.453 e. The van der Waals surface area contributed by atoms with Crippen LogP contribution in [0.15, 0.2) is 83.7 Å². The summed E-state index contributed by atoms with van der Waals surface area (Å²) in [6, 6.07) is 18.8. The summed E-state index contributed by atoms with van der Waals surface area (Å²) in [5.74, 6) is 0.658. The Morgan fingerprint density at radius 1 is 0.640 bits per heavy atom. The van der Waals surface area contributed by atoms with Gasteiger partial charge in [0.1, 0.15) is 16.9 Å². The van der Waals surface area contributed by atoms with Gasteiger partial charge in [0, 0.05) is 25.5 Å². The zero-order valence-corrected chi connectivity index (χ0v) is 16.4. The molecule has 4 rings (SSSR count). The fraction of sp³-hybridized carbons (Fsp3) is 0. The van der Waals surface area contributed by atoms with Crippen LogP contribution in [0, 0.1) is 0 Å². The van der Waals surface area contributed by atoms with Crippen molar-refractivity contribution in [2.24, 2.45) is 0 Å². The van der Waals surface area contributed by atoms with Crippen LogP contribution in [0.25, 0.3) is 21.9 Å². The Morgan fingerprint density at radius 2 is 1.12 bits per heavy atom. The van der Waals surface area contributed by atoms with Gasteiger partial charge in [0.2, 0.25) is 0 Å². The second-order valence-electron chi connectivity index (χ2n) is 5.35. The van der Waals surface area contributed by atoms with E-state index in [1.165, 1.54) is 0 Å². The number of fused-ring (bicyclic) bond motifs is 3. The molecule has 1 heterocycles. The lowest BCUT2D eigenvalue weighted by atomic mass is 10.1. The molecule has 3 nitrogen and oxygen atoms in total. The van der Waals surface area contributed by atoms with Crippen molar-refractivity contribution in [2.75, 3.05) is 0 Å². The minimum Gasteiger partial charge on any atom is -0.391 e. The van der Waals surface area contributed by atoms with Crippen LogP contribution in [0.2, 0.25) is 0 Å². The summed E-state index contributed by atoms with van der Waals surface area (Å²) in [7, 11) is -1.65. The number of thiol groups is 3. The summed E-state index contributed by atoms with van der Waals surface area (Å²) < 4.78 is 17.9. The summed E-state index contributed by atoms with van der Waals surface area (Å²) in [5, 5.41) is 1.80. The SMILES string of the molecule is Sc1ccc(Op2oc3ccc(S)cc3c3cc(S)ccc3o2)cc1. The zero-order chi connectivity index (χ0) is 17.4. The van der Waals surface area contributed by atoms with E-state index in [4.69, 9.17) is 12.9 Å².